The predicted molar refractivity (Wildman–Crippen MR) is 84.6 cm³/mol. The van der Waals surface area contributed by atoms with Gasteiger partial charge in [-0.15, -0.1) is 0 Å². The minimum atomic E-state index is -0.557. The predicted octanol–water partition coefficient (Wildman–Crippen LogP) is 2.88. The SMILES string of the molecule is Cc1cc([N+](=O)[O-])nn1CCCC(=O)Nc1cc(Cl)ccc1O. The molecule has 2 aromatic rings. The number of benzene rings is 1. The average molecular weight is 339 g/mol. The zero-order chi connectivity index (χ0) is 17.0. The number of nitrogens with zero attached hydrogens (tertiary/aromatic N) is 3. The van der Waals surface area contributed by atoms with Gasteiger partial charge in [-0.05, 0) is 36.5 Å². The third-order valence-corrected chi connectivity index (χ3v) is 3.40. The maximum Gasteiger partial charge on any atom is 0.390 e. The molecule has 0 aliphatic heterocycles. The van der Waals surface area contributed by atoms with E-state index in [1.54, 1.807) is 6.92 Å². The number of amides is 1. The first-order chi connectivity index (χ1) is 10.9. The summed E-state index contributed by atoms with van der Waals surface area (Å²) in [4.78, 5) is 21.9. The Morgan fingerprint density at radius 1 is 1.48 bits per heavy atom. The van der Waals surface area contributed by atoms with Gasteiger partial charge in [0.25, 0.3) is 0 Å². The van der Waals surface area contributed by atoms with Crippen molar-refractivity contribution in [3.63, 3.8) is 0 Å². The standard InChI is InChI=1S/C14H15ClN4O4/c1-9-7-13(19(22)23)17-18(9)6-2-3-14(21)16-11-8-10(15)4-5-12(11)20/h4-5,7-8,20H,2-3,6H2,1H3,(H,16,21). The molecule has 0 aliphatic carbocycles. The molecule has 1 aromatic heterocycles. The Balaban J connectivity index is 1.87. The van der Waals surface area contributed by atoms with Crippen LogP contribution in [-0.4, -0.2) is 25.7 Å². The van der Waals surface area contributed by atoms with Crippen molar-refractivity contribution in [3.05, 3.63) is 45.1 Å². The molecule has 0 saturated carbocycles. The highest BCUT2D eigenvalue weighted by Gasteiger charge is 2.15. The van der Waals surface area contributed by atoms with Gasteiger partial charge in [-0.1, -0.05) is 11.6 Å². The summed E-state index contributed by atoms with van der Waals surface area (Å²) in [6.45, 7) is 2.10. The van der Waals surface area contributed by atoms with Crippen molar-refractivity contribution >= 4 is 29.0 Å². The van der Waals surface area contributed by atoms with Crippen molar-refractivity contribution in [2.45, 2.75) is 26.3 Å². The van der Waals surface area contributed by atoms with Gasteiger partial charge in [0.2, 0.25) is 5.91 Å². The van der Waals surface area contributed by atoms with Crippen molar-refractivity contribution in [2.24, 2.45) is 0 Å². The number of carbonyl (C=O) groups is 1. The van der Waals surface area contributed by atoms with Gasteiger partial charge < -0.3 is 20.5 Å². The minimum absolute atomic E-state index is 0.0682. The first-order valence-corrected chi connectivity index (χ1v) is 7.22. The van der Waals surface area contributed by atoms with Crippen LogP contribution in [0, 0.1) is 17.0 Å². The highest BCUT2D eigenvalue weighted by atomic mass is 35.5. The van der Waals surface area contributed by atoms with Crippen LogP contribution in [0.3, 0.4) is 0 Å². The van der Waals surface area contributed by atoms with E-state index in [0.717, 1.165) is 0 Å². The molecule has 0 saturated heterocycles. The summed E-state index contributed by atoms with van der Waals surface area (Å²) >= 11 is 5.80. The Kier molecular flexibility index (Phi) is 5.17. The molecule has 1 aromatic carbocycles. The van der Waals surface area contributed by atoms with E-state index in [2.05, 4.69) is 10.4 Å². The Bertz CT molecular complexity index is 744. The van der Waals surface area contributed by atoms with Crippen LogP contribution in [0.1, 0.15) is 18.5 Å². The summed E-state index contributed by atoms with van der Waals surface area (Å²) in [5.74, 6) is -0.570. The number of hydrogen-bond acceptors (Lipinski definition) is 5. The van der Waals surface area contributed by atoms with Gasteiger partial charge in [0, 0.05) is 11.4 Å². The molecule has 23 heavy (non-hydrogen) atoms. The molecule has 0 radical (unpaired) electrons. The van der Waals surface area contributed by atoms with Gasteiger partial charge in [0.1, 0.15) is 5.75 Å². The summed E-state index contributed by atoms with van der Waals surface area (Å²) in [6.07, 6.45) is 0.631. The molecular weight excluding hydrogens is 324 g/mol. The summed E-state index contributed by atoms with van der Waals surface area (Å²) in [6, 6.07) is 5.74. The highest BCUT2D eigenvalue weighted by Crippen LogP contribution is 2.26. The maximum absolute atomic E-state index is 11.9. The van der Waals surface area contributed by atoms with Crippen LogP contribution in [0.4, 0.5) is 11.5 Å². The van der Waals surface area contributed by atoms with E-state index >= 15 is 0 Å². The molecule has 2 rings (SSSR count). The van der Waals surface area contributed by atoms with E-state index < -0.39 is 4.92 Å². The fraction of sp³-hybridized carbons (Fsp3) is 0.286. The number of phenolic OH excluding ortho intramolecular Hbond substituents is 1. The Morgan fingerprint density at radius 3 is 2.87 bits per heavy atom. The van der Waals surface area contributed by atoms with Crippen LogP contribution in [0.5, 0.6) is 5.75 Å². The molecule has 1 heterocycles. The summed E-state index contributed by atoms with van der Waals surface area (Å²) in [5.41, 5.74) is 0.901. The minimum Gasteiger partial charge on any atom is -0.506 e. The van der Waals surface area contributed by atoms with E-state index in [-0.39, 0.29) is 29.6 Å². The first-order valence-electron chi connectivity index (χ1n) is 6.84. The number of nitrogens with one attached hydrogen (secondary N) is 1. The van der Waals surface area contributed by atoms with Crippen molar-refractivity contribution in [1.82, 2.24) is 9.78 Å². The number of rotatable bonds is 6. The Hall–Kier alpha value is -2.61. The van der Waals surface area contributed by atoms with Gasteiger partial charge in [-0.25, -0.2) is 0 Å². The molecular formula is C14H15ClN4O4. The van der Waals surface area contributed by atoms with Gasteiger partial charge in [-0.3, -0.25) is 4.79 Å². The lowest BCUT2D eigenvalue weighted by atomic mass is 10.2. The van der Waals surface area contributed by atoms with E-state index in [4.69, 9.17) is 11.6 Å². The number of aryl methyl sites for hydroxylation is 2. The van der Waals surface area contributed by atoms with Crippen molar-refractivity contribution in [2.75, 3.05) is 5.32 Å². The maximum atomic E-state index is 11.9. The number of carbonyl (C=O) groups excluding carboxylic acids is 1. The van der Waals surface area contributed by atoms with Gasteiger partial charge in [-0.2, -0.15) is 4.68 Å². The number of aromatic hydroxyl groups is 1. The van der Waals surface area contributed by atoms with E-state index in [1.165, 1.54) is 28.9 Å². The van der Waals surface area contributed by atoms with Gasteiger partial charge in [0.05, 0.1) is 29.1 Å². The van der Waals surface area contributed by atoms with E-state index in [0.29, 0.717) is 23.7 Å². The number of phenols is 1. The second-order valence-electron chi connectivity index (χ2n) is 4.94. The van der Waals surface area contributed by atoms with Crippen molar-refractivity contribution < 1.29 is 14.8 Å². The number of halogens is 1. The molecule has 0 unspecified atom stereocenters. The number of nitro groups is 1. The molecule has 0 aliphatic rings. The molecule has 122 valence electrons. The topological polar surface area (TPSA) is 110 Å². The smallest absolute Gasteiger partial charge is 0.390 e. The second kappa shape index (κ2) is 7.10. The molecule has 0 fully saturated rings. The lowest BCUT2D eigenvalue weighted by Gasteiger charge is -2.07. The second-order valence-corrected chi connectivity index (χ2v) is 5.37. The van der Waals surface area contributed by atoms with E-state index in [9.17, 15) is 20.0 Å². The number of aromatic nitrogens is 2. The van der Waals surface area contributed by atoms with Crippen LogP contribution >= 0.6 is 11.6 Å². The molecule has 9 heteroatoms. The van der Waals surface area contributed by atoms with Crippen molar-refractivity contribution in [3.8, 4) is 5.75 Å². The normalized spacial score (nSPS) is 10.5. The zero-order valence-electron chi connectivity index (χ0n) is 12.3. The van der Waals surface area contributed by atoms with Gasteiger partial charge in [0.15, 0.2) is 0 Å². The van der Waals surface area contributed by atoms with Gasteiger partial charge >= 0.3 is 5.82 Å². The molecule has 0 spiro atoms. The first kappa shape index (κ1) is 16.8. The Labute approximate surface area is 136 Å². The molecule has 0 bridgehead atoms. The van der Waals surface area contributed by atoms with Crippen molar-refractivity contribution in [1.29, 1.82) is 0 Å². The quantitative estimate of drug-likeness (QED) is 0.478. The van der Waals surface area contributed by atoms with Crippen LogP contribution in [0.2, 0.25) is 5.02 Å². The fourth-order valence-corrected chi connectivity index (χ4v) is 2.19. The molecule has 2 N–H and O–H groups in total. The molecule has 0 atom stereocenters. The van der Waals surface area contributed by atoms with E-state index in [1.807, 2.05) is 0 Å². The summed E-state index contributed by atoms with van der Waals surface area (Å²) in [7, 11) is 0. The molecule has 8 nitrogen and oxygen atoms in total. The third-order valence-electron chi connectivity index (χ3n) is 3.16. The Morgan fingerprint density at radius 2 is 2.22 bits per heavy atom. The monoisotopic (exact) mass is 338 g/mol. The average Bonchev–Trinajstić information content (AvgIpc) is 2.85. The lowest BCUT2D eigenvalue weighted by molar-refractivity contribution is -0.389. The largest absolute Gasteiger partial charge is 0.506 e. The van der Waals surface area contributed by atoms with Crippen LogP contribution < -0.4 is 5.32 Å². The highest BCUT2D eigenvalue weighted by molar-refractivity contribution is 6.31. The number of hydrogen-bond donors (Lipinski definition) is 2. The third kappa shape index (κ3) is 4.43. The summed E-state index contributed by atoms with van der Waals surface area (Å²) < 4.78 is 1.49. The lowest BCUT2D eigenvalue weighted by Crippen LogP contribution is -2.13. The molecule has 1 amide bonds. The fourth-order valence-electron chi connectivity index (χ4n) is 2.02. The zero-order valence-corrected chi connectivity index (χ0v) is 13.1. The van der Waals surface area contributed by atoms with Crippen LogP contribution in [-0.2, 0) is 11.3 Å². The summed E-state index contributed by atoms with van der Waals surface area (Å²) in [5, 5.41) is 27.1. The van der Waals surface area contributed by atoms with Crippen LogP contribution in [0.15, 0.2) is 24.3 Å². The number of anilines is 1. The van der Waals surface area contributed by atoms with Crippen LogP contribution in [0.25, 0.3) is 0 Å².